The van der Waals surface area contributed by atoms with Crippen molar-refractivity contribution < 1.29 is 28.7 Å². The normalized spacial score (nSPS) is 10.4. The number of carbonyl (C=O) groups excluding carboxylic acids is 1. The van der Waals surface area contributed by atoms with E-state index < -0.39 is 10.9 Å². The molecule has 0 bridgehead atoms. The first-order chi connectivity index (χ1) is 10.6. The molecular formula is C14H19NO7. The van der Waals surface area contributed by atoms with Crippen LogP contribution in [-0.4, -0.2) is 57.6 Å². The molecule has 0 fully saturated rings. The Hall–Kier alpha value is -2.03. The summed E-state index contributed by atoms with van der Waals surface area (Å²) < 4.78 is 20.2. The zero-order chi connectivity index (χ0) is 16.2. The lowest BCUT2D eigenvalue weighted by Crippen LogP contribution is -2.13. The third-order valence-electron chi connectivity index (χ3n) is 2.58. The van der Waals surface area contributed by atoms with Gasteiger partial charge in [0.2, 0.25) is 0 Å². The lowest BCUT2D eigenvalue weighted by atomic mass is 10.2. The van der Waals surface area contributed by atoms with E-state index in [1.54, 1.807) is 7.11 Å². The minimum Gasteiger partial charge on any atom is -0.460 e. The van der Waals surface area contributed by atoms with E-state index in [1.165, 1.54) is 24.3 Å². The van der Waals surface area contributed by atoms with Crippen LogP contribution in [0, 0.1) is 10.1 Å². The highest BCUT2D eigenvalue weighted by atomic mass is 16.6. The fraction of sp³-hybridized carbons (Fsp3) is 0.500. The number of hydrogen-bond donors (Lipinski definition) is 0. The molecule has 0 spiro atoms. The van der Waals surface area contributed by atoms with Crippen molar-refractivity contribution in [3.8, 4) is 0 Å². The molecule has 1 rings (SSSR count). The van der Waals surface area contributed by atoms with Crippen molar-refractivity contribution in [2.75, 3.05) is 46.8 Å². The molecule has 0 aliphatic carbocycles. The van der Waals surface area contributed by atoms with Crippen LogP contribution >= 0.6 is 0 Å². The van der Waals surface area contributed by atoms with Crippen LogP contribution in [0.3, 0.4) is 0 Å². The van der Waals surface area contributed by atoms with E-state index in [1.807, 2.05) is 0 Å². The molecule has 122 valence electrons. The molecule has 0 aliphatic rings. The van der Waals surface area contributed by atoms with E-state index in [0.29, 0.717) is 26.4 Å². The fourth-order valence-electron chi connectivity index (χ4n) is 1.46. The SMILES string of the molecule is COCCOCCOCCOC(=O)c1ccc([N+](=O)[O-])cc1. The number of ether oxygens (including phenoxy) is 4. The number of non-ortho nitro benzene ring substituents is 1. The molecule has 0 radical (unpaired) electrons. The predicted molar refractivity (Wildman–Crippen MR) is 76.9 cm³/mol. The number of nitrogens with zero attached hydrogens (tertiary/aromatic N) is 1. The number of methoxy groups -OCH3 is 1. The summed E-state index contributed by atoms with van der Waals surface area (Å²) in [6, 6.07) is 5.21. The van der Waals surface area contributed by atoms with Crippen LogP contribution in [0.4, 0.5) is 5.69 Å². The summed E-state index contributed by atoms with van der Waals surface area (Å²) in [7, 11) is 1.60. The second-order valence-corrected chi connectivity index (χ2v) is 4.16. The summed E-state index contributed by atoms with van der Waals surface area (Å²) in [6.07, 6.45) is 0. The molecule has 1 aromatic rings. The van der Waals surface area contributed by atoms with Gasteiger partial charge in [-0.05, 0) is 12.1 Å². The van der Waals surface area contributed by atoms with Gasteiger partial charge in [0.15, 0.2) is 0 Å². The van der Waals surface area contributed by atoms with Crippen LogP contribution in [0.2, 0.25) is 0 Å². The van der Waals surface area contributed by atoms with Crippen LogP contribution < -0.4 is 0 Å². The third kappa shape index (κ3) is 7.11. The van der Waals surface area contributed by atoms with Crippen LogP contribution in [0.25, 0.3) is 0 Å². The zero-order valence-electron chi connectivity index (χ0n) is 12.4. The minimum absolute atomic E-state index is 0.0756. The number of benzene rings is 1. The van der Waals surface area contributed by atoms with Crippen LogP contribution in [0.5, 0.6) is 0 Å². The van der Waals surface area contributed by atoms with Gasteiger partial charge in [0.1, 0.15) is 6.61 Å². The largest absolute Gasteiger partial charge is 0.460 e. The average molecular weight is 313 g/mol. The Labute approximate surface area is 128 Å². The molecule has 8 heteroatoms. The highest BCUT2D eigenvalue weighted by Gasteiger charge is 2.10. The number of nitro groups is 1. The van der Waals surface area contributed by atoms with E-state index in [-0.39, 0.29) is 24.5 Å². The van der Waals surface area contributed by atoms with E-state index in [4.69, 9.17) is 18.9 Å². The summed E-state index contributed by atoms with van der Waals surface area (Å²) in [6.45, 7) is 2.25. The van der Waals surface area contributed by atoms with Crippen molar-refractivity contribution in [2.45, 2.75) is 0 Å². The van der Waals surface area contributed by atoms with Gasteiger partial charge in [0.25, 0.3) is 5.69 Å². The maximum Gasteiger partial charge on any atom is 0.338 e. The van der Waals surface area contributed by atoms with Crippen molar-refractivity contribution in [3.63, 3.8) is 0 Å². The minimum atomic E-state index is -0.546. The van der Waals surface area contributed by atoms with Gasteiger partial charge in [0, 0.05) is 19.2 Å². The number of rotatable bonds is 11. The number of nitro benzene ring substituents is 1. The van der Waals surface area contributed by atoms with Gasteiger partial charge in [0.05, 0.1) is 43.5 Å². The molecular weight excluding hydrogens is 294 g/mol. The molecule has 0 heterocycles. The second kappa shape index (κ2) is 10.7. The molecule has 0 atom stereocenters. The first-order valence-corrected chi connectivity index (χ1v) is 6.71. The summed E-state index contributed by atoms with van der Waals surface area (Å²) in [5.41, 5.74) is 0.182. The van der Waals surface area contributed by atoms with Crippen molar-refractivity contribution >= 4 is 11.7 Å². The lowest BCUT2D eigenvalue weighted by molar-refractivity contribution is -0.384. The van der Waals surface area contributed by atoms with E-state index in [2.05, 4.69) is 0 Å². The van der Waals surface area contributed by atoms with Crippen molar-refractivity contribution in [3.05, 3.63) is 39.9 Å². The maximum absolute atomic E-state index is 11.6. The Morgan fingerprint density at radius 2 is 1.55 bits per heavy atom. The summed E-state index contributed by atoms with van der Waals surface area (Å²) in [5.74, 6) is -0.546. The van der Waals surface area contributed by atoms with Crippen molar-refractivity contribution in [1.29, 1.82) is 0 Å². The van der Waals surface area contributed by atoms with Crippen molar-refractivity contribution in [2.24, 2.45) is 0 Å². The van der Waals surface area contributed by atoms with Crippen LogP contribution in [0.1, 0.15) is 10.4 Å². The van der Waals surface area contributed by atoms with Crippen molar-refractivity contribution in [1.82, 2.24) is 0 Å². The first-order valence-electron chi connectivity index (χ1n) is 6.71. The van der Waals surface area contributed by atoms with Gasteiger partial charge in [-0.2, -0.15) is 0 Å². The maximum atomic E-state index is 11.6. The Morgan fingerprint density at radius 3 is 2.09 bits per heavy atom. The molecule has 1 aromatic carbocycles. The Kier molecular flexibility index (Phi) is 8.73. The molecule has 0 amide bonds. The van der Waals surface area contributed by atoms with E-state index in [0.717, 1.165) is 0 Å². The summed E-state index contributed by atoms with van der Waals surface area (Å²) in [4.78, 5) is 21.6. The lowest BCUT2D eigenvalue weighted by Gasteiger charge is -2.07. The van der Waals surface area contributed by atoms with Gasteiger partial charge in [-0.15, -0.1) is 0 Å². The Bertz CT molecular complexity index is 461. The van der Waals surface area contributed by atoms with E-state index >= 15 is 0 Å². The van der Waals surface area contributed by atoms with Gasteiger partial charge in [-0.1, -0.05) is 0 Å². The monoisotopic (exact) mass is 313 g/mol. The molecule has 8 nitrogen and oxygen atoms in total. The Balaban J connectivity index is 2.12. The molecule has 0 saturated heterocycles. The molecule has 0 aliphatic heterocycles. The fourth-order valence-corrected chi connectivity index (χ4v) is 1.46. The topological polar surface area (TPSA) is 97.1 Å². The molecule has 0 unspecified atom stereocenters. The first kappa shape index (κ1) is 18.0. The highest BCUT2D eigenvalue weighted by molar-refractivity contribution is 5.89. The van der Waals surface area contributed by atoms with Crippen LogP contribution in [0.15, 0.2) is 24.3 Å². The Morgan fingerprint density at radius 1 is 1.00 bits per heavy atom. The van der Waals surface area contributed by atoms with Gasteiger partial charge in [-0.25, -0.2) is 4.79 Å². The van der Waals surface area contributed by atoms with E-state index in [9.17, 15) is 14.9 Å². The van der Waals surface area contributed by atoms with Crippen LogP contribution in [-0.2, 0) is 18.9 Å². The molecule has 0 aromatic heterocycles. The number of carbonyl (C=O) groups is 1. The smallest absolute Gasteiger partial charge is 0.338 e. The van der Waals surface area contributed by atoms with Gasteiger partial charge >= 0.3 is 5.97 Å². The number of esters is 1. The van der Waals surface area contributed by atoms with Gasteiger partial charge < -0.3 is 18.9 Å². The standard InChI is InChI=1S/C14H19NO7/c1-19-6-7-20-8-9-21-10-11-22-14(16)12-2-4-13(5-3-12)15(17)18/h2-5H,6-11H2,1H3. The molecule has 22 heavy (non-hydrogen) atoms. The third-order valence-corrected chi connectivity index (χ3v) is 2.58. The highest BCUT2D eigenvalue weighted by Crippen LogP contribution is 2.12. The summed E-state index contributed by atoms with van der Waals surface area (Å²) >= 11 is 0. The number of hydrogen-bond acceptors (Lipinski definition) is 7. The second-order valence-electron chi connectivity index (χ2n) is 4.16. The quantitative estimate of drug-likeness (QED) is 0.264. The zero-order valence-corrected chi connectivity index (χ0v) is 12.4. The molecule has 0 saturated carbocycles. The van der Waals surface area contributed by atoms with Gasteiger partial charge in [-0.3, -0.25) is 10.1 Å². The average Bonchev–Trinajstić information content (AvgIpc) is 2.53. The summed E-state index contributed by atoms with van der Waals surface area (Å²) in [5, 5.41) is 10.5. The predicted octanol–water partition coefficient (Wildman–Crippen LogP) is 1.43. The molecule has 0 N–H and O–H groups in total.